The fourth-order valence-corrected chi connectivity index (χ4v) is 2.00. The fourth-order valence-electron chi connectivity index (χ4n) is 2.00. The molecule has 0 radical (unpaired) electrons. The van der Waals surface area contributed by atoms with E-state index < -0.39 is 11.7 Å². The molecule has 21 heavy (non-hydrogen) atoms. The molecule has 0 spiro atoms. The Hall–Kier alpha value is -1.95. The van der Waals surface area contributed by atoms with Crippen molar-refractivity contribution in [3.05, 3.63) is 47.8 Å². The van der Waals surface area contributed by atoms with Crippen LogP contribution in [0.5, 0.6) is 0 Å². The summed E-state index contributed by atoms with van der Waals surface area (Å²) in [4.78, 5) is 8.39. The van der Waals surface area contributed by atoms with Gasteiger partial charge in [-0.05, 0) is 31.0 Å². The van der Waals surface area contributed by atoms with Gasteiger partial charge >= 0.3 is 6.18 Å². The maximum Gasteiger partial charge on any atom is 0.416 e. The van der Waals surface area contributed by atoms with E-state index in [0.717, 1.165) is 17.8 Å². The van der Waals surface area contributed by atoms with Crippen molar-refractivity contribution in [3.63, 3.8) is 0 Å². The first-order valence-corrected chi connectivity index (χ1v) is 6.75. The lowest BCUT2D eigenvalue weighted by atomic mass is 10.1. The maximum atomic E-state index is 12.7. The number of hydrogen-bond donors (Lipinski definition) is 1. The third kappa shape index (κ3) is 3.58. The van der Waals surface area contributed by atoms with E-state index in [1.807, 2.05) is 0 Å². The molecule has 0 saturated heterocycles. The van der Waals surface area contributed by atoms with Crippen molar-refractivity contribution in [2.45, 2.75) is 31.6 Å². The van der Waals surface area contributed by atoms with E-state index in [1.165, 1.54) is 18.9 Å². The van der Waals surface area contributed by atoms with Crippen LogP contribution in [0.15, 0.2) is 36.5 Å². The van der Waals surface area contributed by atoms with Crippen LogP contribution in [0.25, 0.3) is 11.4 Å². The highest BCUT2D eigenvalue weighted by atomic mass is 19.4. The number of benzene rings is 1. The molecule has 1 fully saturated rings. The van der Waals surface area contributed by atoms with E-state index in [2.05, 4.69) is 15.3 Å². The molecule has 0 unspecified atom stereocenters. The van der Waals surface area contributed by atoms with Gasteiger partial charge in [0.15, 0.2) is 5.82 Å². The number of nitrogens with one attached hydrogen (secondary N) is 1. The van der Waals surface area contributed by atoms with Gasteiger partial charge in [0.25, 0.3) is 0 Å². The Morgan fingerprint density at radius 1 is 1.19 bits per heavy atom. The van der Waals surface area contributed by atoms with Crippen LogP contribution in [0.1, 0.15) is 24.1 Å². The number of hydrogen-bond acceptors (Lipinski definition) is 3. The van der Waals surface area contributed by atoms with E-state index in [-0.39, 0.29) is 0 Å². The highest BCUT2D eigenvalue weighted by Gasteiger charge is 2.30. The Kier molecular flexibility index (Phi) is 3.63. The van der Waals surface area contributed by atoms with Crippen LogP contribution in [0.3, 0.4) is 0 Å². The second-order valence-electron chi connectivity index (χ2n) is 5.11. The third-order valence-corrected chi connectivity index (χ3v) is 3.31. The molecule has 1 aromatic carbocycles. The molecule has 2 aromatic rings. The van der Waals surface area contributed by atoms with Gasteiger partial charge in [-0.2, -0.15) is 13.2 Å². The Bertz CT molecular complexity index is 636. The van der Waals surface area contributed by atoms with Gasteiger partial charge in [0.05, 0.1) is 11.3 Å². The Morgan fingerprint density at radius 2 is 2.00 bits per heavy atom. The first-order chi connectivity index (χ1) is 10.0. The largest absolute Gasteiger partial charge is 0.416 e. The van der Waals surface area contributed by atoms with Crippen molar-refractivity contribution < 1.29 is 13.2 Å². The standard InChI is InChI=1S/C15H14F3N3/c16-15(17,18)11-3-1-2-10(8-11)14-19-7-6-13(21-14)9-20-12-4-5-12/h1-3,6-8,12,20H,4-5,9H2. The number of aromatic nitrogens is 2. The first kappa shape index (κ1) is 14.0. The molecule has 0 amide bonds. The average molecular weight is 293 g/mol. The molecule has 3 nitrogen and oxygen atoms in total. The van der Waals surface area contributed by atoms with Gasteiger partial charge in [-0.3, -0.25) is 0 Å². The quantitative estimate of drug-likeness (QED) is 0.938. The zero-order chi connectivity index (χ0) is 14.9. The molecule has 0 atom stereocenters. The summed E-state index contributed by atoms with van der Waals surface area (Å²) in [6, 6.07) is 7.40. The minimum absolute atomic E-state index is 0.316. The molecule has 0 bridgehead atoms. The van der Waals surface area contributed by atoms with Gasteiger partial charge in [-0.25, -0.2) is 9.97 Å². The predicted octanol–water partition coefficient (Wildman–Crippen LogP) is 3.41. The Labute approximate surface area is 120 Å². The van der Waals surface area contributed by atoms with Crippen LogP contribution in [0.2, 0.25) is 0 Å². The molecule has 6 heteroatoms. The normalized spacial score (nSPS) is 15.2. The van der Waals surface area contributed by atoms with Crippen LogP contribution in [0.4, 0.5) is 13.2 Å². The van der Waals surface area contributed by atoms with Crippen LogP contribution in [0, 0.1) is 0 Å². The lowest BCUT2D eigenvalue weighted by Gasteiger charge is -2.09. The van der Waals surface area contributed by atoms with E-state index in [0.29, 0.717) is 24.0 Å². The Balaban J connectivity index is 1.83. The summed E-state index contributed by atoms with van der Waals surface area (Å²) in [6.07, 6.45) is -0.440. The second-order valence-corrected chi connectivity index (χ2v) is 5.11. The third-order valence-electron chi connectivity index (χ3n) is 3.31. The van der Waals surface area contributed by atoms with Gasteiger partial charge in [-0.1, -0.05) is 12.1 Å². The fraction of sp³-hybridized carbons (Fsp3) is 0.333. The zero-order valence-electron chi connectivity index (χ0n) is 11.2. The summed E-state index contributed by atoms with van der Waals surface area (Å²) in [5.74, 6) is 0.316. The van der Waals surface area contributed by atoms with E-state index in [9.17, 15) is 13.2 Å². The van der Waals surface area contributed by atoms with Gasteiger partial charge in [-0.15, -0.1) is 0 Å². The van der Waals surface area contributed by atoms with Crippen molar-refractivity contribution in [1.29, 1.82) is 0 Å². The van der Waals surface area contributed by atoms with Gasteiger partial charge in [0.2, 0.25) is 0 Å². The number of rotatable bonds is 4. The SMILES string of the molecule is FC(F)(F)c1cccc(-c2nccc(CNC3CC3)n2)c1. The molecular weight excluding hydrogens is 279 g/mol. The van der Waals surface area contributed by atoms with Crippen molar-refractivity contribution >= 4 is 0 Å². The van der Waals surface area contributed by atoms with E-state index in [4.69, 9.17) is 0 Å². The van der Waals surface area contributed by atoms with Gasteiger partial charge in [0, 0.05) is 24.3 Å². The highest BCUT2D eigenvalue weighted by molar-refractivity contribution is 5.56. The molecule has 1 aromatic heterocycles. The molecule has 3 rings (SSSR count). The summed E-state index contributed by atoms with van der Waals surface area (Å²) in [5, 5.41) is 3.32. The van der Waals surface area contributed by atoms with E-state index in [1.54, 1.807) is 18.3 Å². The molecule has 110 valence electrons. The van der Waals surface area contributed by atoms with Gasteiger partial charge in [0.1, 0.15) is 0 Å². The number of alkyl halides is 3. The molecule has 1 heterocycles. The minimum atomic E-state index is -4.36. The summed E-state index contributed by atoms with van der Waals surface area (Å²) in [7, 11) is 0. The Morgan fingerprint density at radius 3 is 2.71 bits per heavy atom. The lowest BCUT2D eigenvalue weighted by Crippen LogP contribution is -2.16. The molecular formula is C15H14F3N3. The monoisotopic (exact) mass is 293 g/mol. The molecule has 1 aliphatic rings. The molecule has 1 saturated carbocycles. The lowest BCUT2D eigenvalue weighted by molar-refractivity contribution is -0.137. The van der Waals surface area contributed by atoms with Crippen molar-refractivity contribution in [2.75, 3.05) is 0 Å². The minimum Gasteiger partial charge on any atom is -0.308 e. The van der Waals surface area contributed by atoms with Gasteiger partial charge < -0.3 is 5.32 Å². The average Bonchev–Trinajstić information content (AvgIpc) is 3.29. The molecule has 0 aliphatic heterocycles. The second kappa shape index (κ2) is 5.44. The predicted molar refractivity (Wildman–Crippen MR) is 72.3 cm³/mol. The summed E-state index contributed by atoms with van der Waals surface area (Å²) in [5.41, 5.74) is 0.465. The van der Waals surface area contributed by atoms with Crippen LogP contribution < -0.4 is 5.32 Å². The number of halogens is 3. The maximum absolute atomic E-state index is 12.7. The molecule has 1 aliphatic carbocycles. The highest BCUT2D eigenvalue weighted by Crippen LogP contribution is 2.31. The first-order valence-electron chi connectivity index (χ1n) is 6.75. The van der Waals surface area contributed by atoms with E-state index >= 15 is 0 Å². The smallest absolute Gasteiger partial charge is 0.308 e. The van der Waals surface area contributed by atoms with Crippen LogP contribution >= 0.6 is 0 Å². The van der Waals surface area contributed by atoms with Crippen molar-refractivity contribution in [1.82, 2.24) is 15.3 Å². The van der Waals surface area contributed by atoms with Crippen molar-refractivity contribution in [3.8, 4) is 11.4 Å². The topological polar surface area (TPSA) is 37.8 Å². The van der Waals surface area contributed by atoms with Crippen LogP contribution in [-0.2, 0) is 12.7 Å². The summed E-state index contributed by atoms with van der Waals surface area (Å²) < 4.78 is 38.2. The summed E-state index contributed by atoms with van der Waals surface area (Å²) in [6.45, 7) is 0.610. The summed E-state index contributed by atoms with van der Waals surface area (Å²) >= 11 is 0. The molecule has 1 N–H and O–H groups in total. The number of nitrogens with zero attached hydrogens (tertiary/aromatic N) is 2. The van der Waals surface area contributed by atoms with Crippen LogP contribution in [-0.4, -0.2) is 16.0 Å². The zero-order valence-corrected chi connectivity index (χ0v) is 11.2. The van der Waals surface area contributed by atoms with Crippen molar-refractivity contribution in [2.24, 2.45) is 0 Å².